The Balaban J connectivity index is 2.14. The summed E-state index contributed by atoms with van der Waals surface area (Å²) in [7, 11) is 0. The van der Waals surface area contributed by atoms with Crippen molar-refractivity contribution in [3.63, 3.8) is 0 Å². The quantitative estimate of drug-likeness (QED) is 0.828. The molecule has 0 bridgehead atoms. The van der Waals surface area contributed by atoms with E-state index in [1.54, 1.807) is 18.2 Å². The minimum absolute atomic E-state index is 0.124. The topological polar surface area (TPSA) is 62.1 Å². The number of unbranched alkanes of at least 4 members (excludes halogenated alkanes) is 1. The van der Waals surface area contributed by atoms with Crippen LogP contribution < -0.4 is 4.74 Å². The van der Waals surface area contributed by atoms with E-state index in [-0.39, 0.29) is 10.7 Å². The zero-order valence-electron chi connectivity index (χ0n) is 15.1. The second-order valence-corrected chi connectivity index (χ2v) is 6.50. The van der Waals surface area contributed by atoms with Gasteiger partial charge in [-0.2, -0.15) is 23.3 Å². The Morgan fingerprint density at radius 1 is 1.35 bits per heavy atom. The highest BCUT2D eigenvalue weighted by atomic mass is 19.4. The summed E-state index contributed by atoms with van der Waals surface area (Å²) in [6.07, 6.45) is -4.04. The number of ether oxygens (including phenoxy) is 1. The van der Waals surface area contributed by atoms with Gasteiger partial charge in [0.05, 0.1) is 0 Å². The molecule has 0 unspecified atom stereocenters. The van der Waals surface area contributed by atoms with Crippen LogP contribution in [-0.4, -0.2) is 40.2 Å². The number of aliphatic hydroxyl groups is 1. The number of amides is 1. The maximum Gasteiger partial charge on any atom is 0.438 e. The Hall–Kier alpha value is -2.09. The van der Waals surface area contributed by atoms with Crippen LogP contribution in [0.25, 0.3) is 0 Å². The second-order valence-electron chi connectivity index (χ2n) is 6.50. The molecule has 0 aliphatic carbocycles. The summed E-state index contributed by atoms with van der Waals surface area (Å²) in [5, 5.41) is 14.0. The Kier molecular flexibility index (Phi) is 5.95. The molecule has 8 heteroatoms. The highest BCUT2D eigenvalue weighted by Crippen LogP contribution is 2.41. The predicted octanol–water partition coefficient (Wildman–Crippen LogP) is 3.71. The fourth-order valence-electron chi connectivity index (χ4n) is 2.63. The van der Waals surface area contributed by atoms with E-state index in [0.29, 0.717) is 18.6 Å². The number of carbonyl (C=O) groups excluding carboxylic acids is 1. The number of benzene rings is 1. The van der Waals surface area contributed by atoms with E-state index >= 15 is 0 Å². The number of aryl methyl sites for hydroxylation is 2. The SMILES string of the molecule is CCCCC1=NN(C(=O)COc2ccc(C)c(C)c2)[C@](O)(C(F)(F)F)C1. The van der Waals surface area contributed by atoms with Crippen LogP contribution >= 0.6 is 0 Å². The first kappa shape index (κ1) is 20.2. The van der Waals surface area contributed by atoms with Gasteiger partial charge in [0.25, 0.3) is 11.6 Å². The highest BCUT2D eigenvalue weighted by Gasteiger charge is 2.63. The van der Waals surface area contributed by atoms with E-state index in [1.807, 2.05) is 20.8 Å². The molecule has 1 heterocycles. The number of carbonyl (C=O) groups is 1. The Bertz CT molecular complexity index is 703. The van der Waals surface area contributed by atoms with Crippen molar-refractivity contribution in [2.45, 2.75) is 58.4 Å². The molecule has 2 rings (SSSR count). The van der Waals surface area contributed by atoms with Crippen LogP contribution in [0.3, 0.4) is 0 Å². The van der Waals surface area contributed by atoms with Crippen LogP contribution in [0.1, 0.15) is 43.7 Å². The van der Waals surface area contributed by atoms with E-state index in [9.17, 15) is 23.1 Å². The van der Waals surface area contributed by atoms with Crippen molar-refractivity contribution >= 4 is 11.6 Å². The normalized spacial score (nSPS) is 20.3. The zero-order valence-corrected chi connectivity index (χ0v) is 15.1. The van der Waals surface area contributed by atoms with Crippen molar-refractivity contribution in [3.8, 4) is 5.75 Å². The number of hydrogen-bond acceptors (Lipinski definition) is 4. The van der Waals surface area contributed by atoms with Gasteiger partial charge in [-0.05, 0) is 49.9 Å². The summed E-state index contributed by atoms with van der Waals surface area (Å²) in [4.78, 5) is 12.3. The molecular formula is C18H23F3N2O3. The van der Waals surface area contributed by atoms with Gasteiger partial charge in [-0.25, -0.2) is 0 Å². The number of halogens is 3. The molecule has 5 nitrogen and oxygen atoms in total. The first-order valence-electron chi connectivity index (χ1n) is 8.47. The van der Waals surface area contributed by atoms with Gasteiger partial charge in [0.15, 0.2) is 6.61 Å². The third kappa shape index (κ3) is 4.17. The summed E-state index contributed by atoms with van der Waals surface area (Å²) >= 11 is 0. The third-order valence-corrected chi connectivity index (χ3v) is 4.39. The lowest BCUT2D eigenvalue weighted by molar-refractivity contribution is -0.302. The van der Waals surface area contributed by atoms with Crippen molar-refractivity contribution in [1.82, 2.24) is 5.01 Å². The van der Waals surface area contributed by atoms with Gasteiger partial charge in [0, 0.05) is 12.1 Å². The van der Waals surface area contributed by atoms with E-state index in [0.717, 1.165) is 17.5 Å². The molecule has 0 fully saturated rings. The summed E-state index contributed by atoms with van der Waals surface area (Å²) in [6.45, 7) is 5.01. The highest BCUT2D eigenvalue weighted by molar-refractivity contribution is 5.91. The summed E-state index contributed by atoms with van der Waals surface area (Å²) in [6, 6.07) is 5.11. The lowest BCUT2D eigenvalue weighted by atomic mass is 10.0. The molecule has 144 valence electrons. The molecule has 1 N–H and O–H groups in total. The lowest BCUT2D eigenvalue weighted by Gasteiger charge is -2.32. The van der Waals surface area contributed by atoms with E-state index in [1.165, 1.54) is 0 Å². The molecule has 1 aliphatic rings. The maximum absolute atomic E-state index is 13.4. The van der Waals surface area contributed by atoms with Crippen LogP contribution in [0.2, 0.25) is 0 Å². The largest absolute Gasteiger partial charge is 0.484 e. The van der Waals surface area contributed by atoms with Gasteiger partial charge in [0.2, 0.25) is 0 Å². The summed E-state index contributed by atoms with van der Waals surface area (Å²) < 4.78 is 45.4. The van der Waals surface area contributed by atoms with Crippen LogP contribution in [0.5, 0.6) is 5.75 Å². The molecule has 0 spiro atoms. The van der Waals surface area contributed by atoms with Crippen molar-refractivity contribution in [2.24, 2.45) is 5.10 Å². The molecule has 1 aromatic carbocycles. The van der Waals surface area contributed by atoms with Gasteiger partial charge in [-0.1, -0.05) is 19.4 Å². The van der Waals surface area contributed by atoms with Crippen molar-refractivity contribution < 1.29 is 27.8 Å². The molecule has 1 atom stereocenters. The maximum atomic E-state index is 13.4. The number of rotatable bonds is 6. The van der Waals surface area contributed by atoms with Crippen molar-refractivity contribution in [2.75, 3.05) is 6.61 Å². The first-order valence-corrected chi connectivity index (χ1v) is 8.47. The predicted molar refractivity (Wildman–Crippen MR) is 90.8 cm³/mol. The Morgan fingerprint density at radius 3 is 2.62 bits per heavy atom. The van der Waals surface area contributed by atoms with Gasteiger partial charge >= 0.3 is 6.18 Å². The molecular weight excluding hydrogens is 349 g/mol. The van der Waals surface area contributed by atoms with Gasteiger partial charge in [-0.15, -0.1) is 0 Å². The number of alkyl halides is 3. The van der Waals surface area contributed by atoms with Gasteiger partial charge < -0.3 is 9.84 Å². The monoisotopic (exact) mass is 372 g/mol. The average molecular weight is 372 g/mol. The summed E-state index contributed by atoms with van der Waals surface area (Å²) in [5.74, 6) is -0.680. The minimum atomic E-state index is -5.01. The molecule has 1 amide bonds. The second kappa shape index (κ2) is 7.65. The van der Waals surface area contributed by atoms with Crippen LogP contribution in [-0.2, 0) is 4.79 Å². The number of hydrazone groups is 1. The average Bonchev–Trinajstić information content (AvgIpc) is 2.92. The van der Waals surface area contributed by atoms with Gasteiger partial charge in [-0.3, -0.25) is 4.79 Å². The lowest BCUT2D eigenvalue weighted by Crippen LogP contribution is -2.57. The Labute approximate surface area is 150 Å². The molecule has 0 aromatic heterocycles. The summed E-state index contributed by atoms with van der Waals surface area (Å²) in [5.41, 5.74) is -1.20. The number of nitrogens with zero attached hydrogens (tertiary/aromatic N) is 2. The Morgan fingerprint density at radius 2 is 2.04 bits per heavy atom. The first-order chi connectivity index (χ1) is 12.1. The molecule has 0 saturated carbocycles. The molecule has 1 aromatic rings. The molecule has 26 heavy (non-hydrogen) atoms. The molecule has 1 aliphatic heterocycles. The zero-order chi connectivity index (χ0) is 19.5. The fourth-order valence-corrected chi connectivity index (χ4v) is 2.63. The molecule has 0 saturated heterocycles. The smallest absolute Gasteiger partial charge is 0.438 e. The third-order valence-electron chi connectivity index (χ3n) is 4.39. The standard InChI is InChI=1S/C18H23F3N2O3/c1-4-5-6-14-10-17(25,18(19,20)21)23(22-14)16(24)11-26-15-8-7-12(2)13(3)9-15/h7-9,25H,4-6,10-11H2,1-3H3/t17-/m1/s1. The van der Waals surface area contributed by atoms with Crippen LogP contribution in [0, 0.1) is 13.8 Å². The van der Waals surface area contributed by atoms with Crippen LogP contribution in [0.4, 0.5) is 13.2 Å². The number of hydrogen-bond donors (Lipinski definition) is 1. The van der Waals surface area contributed by atoms with E-state index < -0.39 is 30.8 Å². The van der Waals surface area contributed by atoms with E-state index in [4.69, 9.17) is 4.74 Å². The van der Waals surface area contributed by atoms with Crippen molar-refractivity contribution in [3.05, 3.63) is 29.3 Å². The molecule has 0 radical (unpaired) electrons. The minimum Gasteiger partial charge on any atom is -0.484 e. The van der Waals surface area contributed by atoms with Crippen molar-refractivity contribution in [1.29, 1.82) is 0 Å². The van der Waals surface area contributed by atoms with Gasteiger partial charge in [0.1, 0.15) is 5.75 Å². The van der Waals surface area contributed by atoms with E-state index in [2.05, 4.69) is 5.10 Å². The fraction of sp³-hybridized carbons (Fsp3) is 0.556. The van der Waals surface area contributed by atoms with Crippen LogP contribution in [0.15, 0.2) is 23.3 Å².